The van der Waals surface area contributed by atoms with Crippen LogP contribution < -0.4 is 0 Å². The monoisotopic (exact) mass is 312 g/mol. The van der Waals surface area contributed by atoms with Gasteiger partial charge in [-0.05, 0) is 12.1 Å². The molecule has 2 nitrogen and oxygen atoms in total. The van der Waals surface area contributed by atoms with E-state index in [1.165, 1.54) is 11.3 Å². The van der Waals surface area contributed by atoms with E-state index >= 15 is 0 Å². The molecule has 0 amide bonds. The van der Waals surface area contributed by atoms with Gasteiger partial charge in [-0.1, -0.05) is 39.7 Å². The second-order valence-corrected chi connectivity index (χ2v) is 5.43. The number of nitriles is 1. The molecule has 0 aliphatic carbocycles. The summed E-state index contributed by atoms with van der Waals surface area (Å²) in [4.78, 5) is 5.07. The van der Waals surface area contributed by atoms with Crippen molar-refractivity contribution < 1.29 is 0 Å². The summed E-state index contributed by atoms with van der Waals surface area (Å²) in [5.41, 5.74) is 1.01. The molecule has 0 saturated carbocycles. The lowest BCUT2D eigenvalue weighted by atomic mass is 10.2. The Morgan fingerprint density at radius 2 is 2.06 bits per heavy atom. The molecule has 1 aromatic carbocycles. The lowest BCUT2D eigenvalue weighted by Gasteiger charge is -1.95. The molecule has 16 heavy (non-hydrogen) atoms. The normalized spacial score (nSPS) is 10.1. The van der Waals surface area contributed by atoms with Gasteiger partial charge >= 0.3 is 0 Å². The van der Waals surface area contributed by atoms with E-state index in [1.807, 2.05) is 24.3 Å². The predicted molar refractivity (Wildman–Crippen MR) is 69.6 cm³/mol. The summed E-state index contributed by atoms with van der Waals surface area (Å²) in [7, 11) is 0. The zero-order valence-electron chi connectivity index (χ0n) is 8.08. The van der Waals surface area contributed by atoms with Gasteiger partial charge < -0.3 is 0 Å². The lowest BCUT2D eigenvalue weighted by Crippen LogP contribution is -1.75. The van der Waals surface area contributed by atoms with Crippen molar-refractivity contribution in [2.24, 2.45) is 0 Å². The minimum atomic E-state index is 0.313. The van der Waals surface area contributed by atoms with E-state index in [1.54, 1.807) is 0 Å². The fourth-order valence-corrected chi connectivity index (χ4v) is 2.70. The van der Waals surface area contributed by atoms with Gasteiger partial charge in [0.25, 0.3) is 0 Å². The van der Waals surface area contributed by atoms with Crippen LogP contribution in [0.2, 0.25) is 5.15 Å². The summed E-state index contributed by atoms with van der Waals surface area (Å²) in [5.74, 6) is 0. The van der Waals surface area contributed by atoms with Crippen LogP contribution >= 0.6 is 38.9 Å². The van der Waals surface area contributed by atoms with E-state index in [4.69, 9.17) is 16.9 Å². The Bertz CT molecular complexity index is 542. The molecule has 80 valence electrons. The second-order valence-electron chi connectivity index (χ2n) is 3.07. The third-order valence-electron chi connectivity index (χ3n) is 1.98. The van der Waals surface area contributed by atoms with Crippen LogP contribution in [0.5, 0.6) is 0 Å². The Kier molecular flexibility index (Phi) is 3.59. The van der Waals surface area contributed by atoms with Gasteiger partial charge in [0.05, 0.1) is 17.4 Å². The van der Waals surface area contributed by atoms with Crippen molar-refractivity contribution in [3.8, 4) is 16.6 Å². The molecule has 2 aromatic rings. The van der Waals surface area contributed by atoms with Crippen LogP contribution in [-0.4, -0.2) is 4.98 Å². The molecule has 0 unspecified atom stereocenters. The van der Waals surface area contributed by atoms with Crippen LogP contribution in [0, 0.1) is 11.3 Å². The third kappa shape index (κ3) is 2.43. The standard InChI is InChI=1S/C11H6BrClN2S/c12-8-3-1-7(2-4-8)11-15-10(13)9(16-11)5-6-14/h1-4H,5H2. The van der Waals surface area contributed by atoms with Crippen LogP contribution in [-0.2, 0) is 6.42 Å². The molecule has 0 aliphatic heterocycles. The molecular formula is C11H6BrClN2S. The Morgan fingerprint density at radius 3 is 2.69 bits per heavy atom. The number of thiazole rings is 1. The lowest BCUT2D eigenvalue weighted by molar-refractivity contribution is 1.28. The first kappa shape index (κ1) is 11.6. The Balaban J connectivity index is 2.38. The van der Waals surface area contributed by atoms with Crippen molar-refractivity contribution in [2.75, 3.05) is 0 Å². The summed E-state index contributed by atoms with van der Waals surface area (Å²) >= 11 is 10.8. The Hall–Kier alpha value is -0.890. The maximum atomic E-state index is 8.62. The van der Waals surface area contributed by atoms with Crippen molar-refractivity contribution in [3.05, 3.63) is 38.8 Å². The number of rotatable bonds is 2. The molecule has 0 spiro atoms. The highest BCUT2D eigenvalue weighted by Crippen LogP contribution is 2.31. The van der Waals surface area contributed by atoms with E-state index in [-0.39, 0.29) is 0 Å². The molecule has 0 aliphatic rings. The molecule has 1 heterocycles. The summed E-state index contributed by atoms with van der Waals surface area (Å²) < 4.78 is 1.02. The molecule has 0 saturated heterocycles. The van der Waals surface area contributed by atoms with Crippen LogP contribution in [0.3, 0.4) is 0 Å². The number of benzene rings is 1. The summed E-state index contributed by atoms with van der Waals surface area (Å²) in [6.45, 7) is 0. The first-order chi connectivity index (χ1) is 7.70. The van der Waals surface area contributed by atoms with Crippen molar-refractivity contribution >= 4 is 38.9 Å². The average Bonchev–Trinajstić information content (AvgIpc) is 2.62. The van der Waals surface area contributed by atoms with Crippen LogP contribution in [0.25, 0.3) is 10.6 Å². The van der Waals surface area contributed by atoms with E-state index in [9.17, 15) is 0 Å². The Labute approximate surface area is 111 Å². The molecular weight excluding hydrogens is 308 g/mol. The van der Waals surface area contributed by atoms with Gasteiger partial charge in [0.2, 0.25) is 0 Å². The number of hydrogen-bond acceptors (Lipinski definition) is 3. The molecule has 1 aromatic heterocycles. The van der Waals surface area contributed by atoms with Gasteiger partial charge in [0.1, 0.15) is 10.2 Å². The van der Waals surface area contributed by atoms with E-state index in [0.717, 1.165) is 19.9 Å². The molecule has 0 bridgehead atoms. The van der Waals surface area contributed by atoms with Crippen LogP contribution in [0.15, 0.2) is 28.7 Å². The van der Waals surface area contributed by atoms with Crippen molar-refractivity contribution in [1.82, 2.24) is 4.98 Å². The van der Waals surface area contributed by atoms with E-state index in [0.29, 0.717) is 11.6 Å². The van der Waals surface area contributed by atoms with Crippen molar-refractivity contribution in [3.63, 3.8) is 0 Å². The topological polar surface area (TPSA) is 36.7 Å². The second kappa shape index (κ2) is 4.96. The molecule has 0 radical (unpaired) electrons. The van der Waals surface area contributed by atoms with E-state index in [2.05, 4.69) is 27.0 Å². The molecule has 2 rings (SSSR count). The highest BCUT2D eigenvalue weighted by atomic mass is 79.9. The fraction of sp³-hybridized carbons (Fsp3) is 0.0909. The zero-order valence-corrected chi connectivity index (χ0v) is 11.2. The first-order valence-electron chi connectivity index (χ1n) is 4.49. The molecule has 0 fully saturated rings. The van der Waals surface area contributed by atoms with Crippen LogP contribution in [0.1, 0.15) is 4.88 Å². The third-order valence-corrected chi connectivity index (χ3v) is 4.04. The van der Waals surface area contributed by atoms with Gasteiger partial charge in [-0.15, -0.1) is 11.3 Å². The maximum absolute atomic E-state index is 8.62. The predicted octanol–water partition coefficient (Wildman–Crippen LogP) is 4.29. The van der Waals surface area contributed by atoms with Crippen molar-refractivity contribution in [2.45, 2.75) is 6.42 Å². The molecule has 0 N–H and O–H groups in total. The number of nitrogens with zero attached hydrogens (tertiary/aromatic N) is 2. The molecule has 5 heteroatoms. The van der Waals surface area contributed by atoms with Crippen molar-refractivity contribution in [1.29, 1.82) is 5.26 Å². The molecule has 0 atom stereocenters. The Morgan fingerprint density at radius 1 is 1.38 bits per heavy atom. The minimum Gasteiger partial charge on any atom is -0.224 e. The summed E-state index contributed by atoms with van der Waals surface area (Å²) in [6, 6.07) is 9.92. The fourth-order valence-electron chi connectivity index (χ4n) is 1.23. The number of hydrogen-bond donors (Lipinski definition) is 0. The first-order valence-corrected chi connectivity index (χ1v) is 6.47. The zero-order chi connectivity index (χ0) is 11.5. The maximum Gasteiger partial charge on any atom is 0.144 e. The summed E-state index contributed by atoms with van der Waals surface area (Å²) in [5, 5.41) is 9.91. The van der Waals surface area contributed by atoms with Gasteiger partial charge in [-0.2, -0.15) is 5.26 Å². The van der Waals surface area contributed by atoms with Gasteiger partial charge in [-0.3, -0.25) is 0 Å². The van der Waals surface area contributed by atoms with Gasteiger partial charge in [0.15, 0.2) is 0 Å². The summed E-state index contributed by atoms with van der Waals surface area (Å²) in [6.07, 6.45) is 0.313. The SMILES string of the molecule is N#CCc1sc(-c2ccc(Br)cc2)nc1Cl. The number of aromatic nitrogens is 1. The van der Waals surface area contributed by atoms with Gasteiger partial charge in [-0.25, -0.2) is 4.98 Å². The average molecular weight is 314 g/mol. The minimum absolute atomic E-state index is 0.313. The highest BCUT2D eigenvalue weighted by molar-refractivity contribution is 9.10. The van der Waals surface area contributed by atoms with E-state index < -0.39 is 0 Å². The van der Waals surface area contributed by atoms with Gasteiger partial charge in [0, 0.05) is 10.0 Å². The largest absolute Gasteiger partial charge is 0.224 e. The van der Waals surface area contributed by atoms with Crippen LogP contribution in [0.4, 0.5) is 0 Å². The number of halogens is 2. The quantitative estimate of drug-likeness (QED) is 0.829. The smallest absolute Gasteiger partial charge is 0.144 e. The highest BCUT2D eigenvalue weighted by Gasteiger charge is 2.10.